The van der Waals surface area contributed by atoms with Crippen LogP contribution in [0.25, 0.3) is 0 Å². The Hall–Kier alpha value is -0.870. The van der Waals surface area contributed by atoms with Gasteiger partial charge in [0.25, 0.3) is 0 Å². The van der Waals surface area contributed by atoms with Gasteiger partial charge >= 0.3 is 0 Å². The van der Waals surface area contributed by atoms with Crippen molar-refractivity contribution in [3.05, 3.63) is 18.2 Å². The van der Waals surface area contributed by atoms with Crippen LogP contribution in [0, 0.1) is 0 Å². The van der Waals surface area contributed by atoms with Crippen LogP contribution in [0.2, 0.25) is 0 Å². The zero-order valence-electron chi connectivity index (χ0n) is 9.93. The molecule has 90 valence electrons. The summed E-state index contributed by atoms with van der Waals surface area (Å²) in [6, 6.07) is 0.150. The molecule has 2 heterocycles. The van der Waals surface area contributed by atoms with Crippen molar-refractivity contribution < 1.29 is 4.74 Å². The first-order valence-corrected chi connectivity index (χ1v) is 6.11. The van der Waals surface area contributed by atoms with E-state index in [4.69, 9.17) is 10.5 Å². The van der Waals surface area contributed by atoms with Crippen LogP contribution >= 0.6 is 0 Å². The highest BCUT2D eigenvalue weighted by Crippen LogP contribution is 2.17. The van der Waals surface area contributed by atoms with Gasteiger partial charge in [-0.15, -0.1) is 0 Å². The van der Waals surface area contributed by atoms with Crippen LogP contribution in [0.15, 0.2) is 12.4 Å². The Bertz CT molecular complexity index is 318. The minimum atomic E-state index is 0.150. The van der Waals surface area contributed by atoms with Crippen molar-refractivity contribution in [3.8, 4) is 0 Å². The maximum atomic E-state index is 6.15. The Balaban J connectivity index is 1.78. The lowest BCUT2D eigenvalue weighted by Gasteiger charge is -2.27. The lowest BCUT2D eigenvalue weighted by molar-refractivity contribution is -0.00104. The number of aromatic nitrogens is 2. The van der Waals surface area contributed by atoms with E-state index in [9.17, 15) is 0 Å². The van der Waals surface area contributed by atoms with E-state index in [-0.39, 0.29) is 12.1 Å². The fourth-order valence-corrected chi connectivity index (χ4v) is 2.22. The van der Waals surface area contributed by atoms with E-state index < -0.39 is 0 Å². The predicted octanol–water partition coefficient (Wildman–Crippen LogP) is 1.25. The Morgan fingerprint density at radius 3 is 3.12 bits per heavy atom. The highest BCUT2D eigenvalue weighted by Gasteiger charge is 2.21. The number of aryl methyl sites for hydroxylation is 2. The van der Waals surface area contributed by atoms with Crippen LogP contribution in [0.3, 0.4) is 0 Å². The summed E-state index contributed by atoms with van der Waals surface area (Å²) in [5.41, 5.74) is 6.15. The fourth-order valence-electron chi connectivity index (χ4n) is 2.22. The van der Waals surface area contributed by atoms with E-state index in [2.05, 4.69) is 9.55 Å². The topological polar surface area (TPSA) is 53.1 Å². The zero-order chi connectivity index (χ0) is 11.4. The summed E-state index contributed by atoms with van der Waals surface area (Å²) in [4.78, 5) is 4.30. The summed E-state index contributed by atoms with van der Waals surface area (Å²) in [6.45, 7) is 0.876. The summed E-state index contributed by atoms with van der Waals surface area (Å²) in [5, 5.41) is 0. The maximum absolute atomic E-state index is 6.15. The second kappa shape index (κ2) is 5.46. The Labute approximate surface area is 96.8 Å². The Morgan fingerprint density at radius 1 is 1.62 bits per heavy atom. The van der Waals surface area contributed by atoms with Crippen molar-refractivity contribution in [2.45, 2.75) is 44.2 Å². The number of hydrogen-bond donors (Lipinski definition) is 1. The summed E-state index contributed by atoms with van der Waals surface area (Å²) in [6.07, 6.45) is 9.50. The molecule has 1 aromatic heterocycles. The van der Waals surface area contributed by atoms with Crippen molar-refractivity contribution >= 4 is 0 Å². The maximum Gasteiger partial charge on any atom is 0.108 e. The lowest BCUT2D eigenvalue weighted by Crippen LogP contribution is -2.39. The molecule has 1 fully saturated rings. The van der Waals surface area contributed by atoms with Gasteiger partial charge in [0.2, 0.25) is 0 Å². The van der Waals surface area contributed by atoms with Gasteiger partial charge in [0.05, 0.1) is 6.10 Å². The second-order valence-electron chi connectivity index (χ2n) is 4.56. The molecule has 16 heavy (non-hydrogen) atoms. The number of nitrogens with zero attached hydrogens (tertiary/aromatic N) is 2. The molecule has 0 amide bonds. The van der Waals surface area contributed by atoms with Crippen LogP contribution in [-0.2, 0) is 18.2 Å². The van der Waals surface area contributed by atoms with Crippen LogP contribution < -0.4 is 5.73 Å². The second-order valence-corrected chi connectivity index (χ2v) is 4.56. The highest BCUT2D eigenvalue weighted by atomic mass is 16.5. The van der Waals surface area contributed by atoms with E-state index in [1.807, 2.05) is 19.4 Å². The predicted molar refractivity (Wildman–Crippen MR) is 63.1 cm³/mol. The molecule has 2 atom stereocenters. The molecule has 0 spiro atoms. The molecule has 4 heteroatoms. The van der Waals surface area contributed by atoms with E-state index in [1.165, 1.54) is 12.8 Å². The third-order valence-corrected chi connectivity index (χ3v) is 3.31. The highest BCUT2D eigenvalue weighted by molar-refractivity contribution is 4.92. The molecule has 1 saturated heterocycles. The van der Waals surface area contributed by atoms with Crippen LogP contribution in [0.4, 0.5) is 0 Å². The standard InChI is InChI=1S/C12H21N3O/c1-15-8-7-14-12(15)6-5-10(13)11-4-2-3-9-16-11/h7-8,10-11H,2-6,9,13H2,1H3. The molecule has 2 rings (SSSR count). The van der Waals surface area contributed by atoms with Crippen molar-refractivity contribution in [1.82, 2.24) is 9.55 Å². The SMILES string of the molecule is Cn1ccnc1CCC(N)C1CCCCO1. The van der Waals surface area contributed by atoms with Gasteiger partial charge in [-0.3, -0.25) is 0 Å². The molecule has 0 saturated carbocycles. The first-order chi connectivity index (χ1) is 7.77. The number of nitrogens with two attached hydrogens (primary N) is 1. The normalized spacial score (nSPS) is 23.2. The molecule has 0 bridgehead atoms. The molecule has 1 aromatic rings. The van der Waals surface area contributed by atoms with Gasteiger partial charge in [-0.2, -0.15) is 0 Å². The van der Waals surface area contributed by atoms with E-state index >= 15 is 0 Å². The van der Waals surface area contributed by atoms with Crippen molar-refractivity contribution in [1.29, 1.82) is 0 Å². The van der Waals surface area contributed by atoms with Gasteiger partial charge < -0.3 is 15.0 Å². The monoisotopic (exact) mass is 223 g/mol. The molecule has 0 aromatic carbocycles. The fraction of sp³-hybridized carbons (Fsp3) is 0.750. The van der Waals surface area contributed by atoms with Crippen molar-refractivity contribution in [2.75, 3.05) is 6.61 Å². The molecule has 1 aliphatic heterocycles. The molecular weight excluding hydrogens is 202 g/mol. The molecule has 0 radical (unpaired) electrons. The van der Waals surface area contributed by atoms with E-state index in [0.717, 1.165) is 31.7 Å². The van der Waals surface area contributed by atoms with Gasteiger partial charge in [-0.1, -0.05) is 0 Å². The lowest BCUT2D eigenvalue weighted by atomic mass is 9.99. The first-order valence-electron chi connectivity index (χ1n) is 6.11. The van der Waals surface area contributed by atoms with Crippen LogP contribution in [-0.4, -0.2) is 28.3 Å². The third-order valence-electron chi connectivity index (χ3n) is 3.31. The summed E-state index contributed by atoms with van der Waals surface area (Å²) < 4.78 is 7.74. The largest absolute Gasteiger partial charge is 0.377 e. The summed E-state index contributed by atoms with van der Waals surface area (Å²) >= 11 is 0. The summed E-state index contributed by atoms with van der Waals surface area (Å²) in [7, 11) is 2.02. The first kappa shape index (κ1) is 11.6. The minimum Gasteiger partial charge on any atom is -0.377 e. The van der Waals surface area contributed by atoms with Crippen molar-refractivity contribution in [2.24, 2.45) is 12.8 Å². The van der Waals surface area contributed by atoms with Gasteiger partial charge in [-0.25, -0.2) is 4.98 Å². The van der Waals surface area contributed by atoms with Crippen LogP contribution in [0.1, 0.15) is 31.5 Å². The molecule has 0 aliphatic carbocycles. The smallest absolute Gasteiger partial charge is 0.108 e. The van der Waals surface area contributed by atoms with Crippen molar-refractivity contribution in [3.63, 3.8) is 0 Å². The number of ether oxygens (including phenoxy) is 1. The number of imidazole rings is 1. The number of hydrogen-bond acceptors (Lipinski definition) is 3. The Morgan fingerprint density at radius 2 is 2.50 bits per heavy atom. The van der Waals surface area contributed by atoms with Gasteiger partial charge in [-0.05, 0) is 25.7 Å². The molecule has 4 nitrogen and oxygen atoms in total. The quantitative estimate of drug-likeness (QED) is 0.835. The molecule has 1 aliphatic rings. The van der Waals surface area contributed by atoms with Gasteiger partial charge in [0.1, 0.15) is 5.82 Å². The van der Waals surface area contributed by atoms with Crippen LogP contribution in [0.5, 0.6) is 0 Å². The number of rotatable bonds is 4. The Kier molecular flexibility index (Phi) is 3.96. The third kappa shape index (κ3) is 2.83. The molecule has 2 N–H and O–H groups in total. The summed E-state index contributed by atoms with van der Waals surface area (Å²) in [5.74, 6) is 1.10. The van der Waals surface area contributed by atoms with Gasteiger partial charge in [0.15, 0.2) is 0 Å². The zero-order valence-corrected chi connectivity index (χ0v) is 9.93. The van der Waals surface area contributed by atoms with Gasteiger partial charge in [0, 0.05) is 38.5 Å². The average Bonchev–Trinajstić information content (AvgIpc) is 2.73. The molecular formula is C12H21N3O. The average molecular weight is 223 g/mol. The van der Waals surface area contributed by atoms with E-state index in [1.54, 1.807) is 0 Å². The minimum absolute atomic E-state index is 0.150. The molecule has 2 unspecified atom stereocenters. The van der Waals surface area contributed by atoms with E-state index in [0.29, 0.717) is 0 Å².